The van der Waals surface area contributed by atoms with E-state index in [2.05, 4.69) is 5.32 Å². The molecule has 0 saturated heterocycles. The number of carboxylic acids is 1. The van der Waals surface area contributed by atoms with E-state index in [4.69, 9.17) is 5.11 Å². The Balaban J connectivity index is 2.18. The zero-order valence-electron chi connectivity index (χ0n) is 11.6. The first-order chi connectivity index (χ1) is 9.83. The molecule has 1 heterocycles. The molecule has 0 saturated carbocycles. The van der Waals surface area contributed by atoms with Crippen molar-refractivity contribution in [1.82, 2.24) is 0 Å². The SMILES string of the molecule is CC(C)(CNc1ccc(C(=O)O)c(F)c1F)c1cccs1. The van der Waals surface area contributed by atoms with Gasteiger partial charge in [-0.05, 0) is 23.6 Å². The number of carboxylic acid groups (broad SMARTS) is 1. The van der Waals surface area contributed by atoms with Crippen LogP contribution in [0.1, 0.15) is 29.1 Å². The van der Waals surface area contributed by atoms with Gasteiger partial charge in [0.2, 0.25) is 0 Å². The highest BCUT2D eigenvalue weighted by Crippen LogP contribution is 2.29. The number of rotatable bonds is 5. The Labute approximate surface area is 125 Å². The van der Waals surface area contributed by atoms with Gasteiger partial charge in [0.15, 0.2) is 11.6 Å². The second-order valence-electron chi connectivity index (χ2n) is 5.31. The number of carbonyl (C=O) groups is 1. The Hall–Kier alpha value is -1.95. The minimum absolute atomic E-state index is 0.0397. The van der Waals surface area contributed by atoms with Gasteiger partial charge in [0.1, 0.15) is 0 Å². The molecule has 1 aromatic carbocycles. The fraction of sp³-hybridized carbons (Fsp3) is 0.267. The molecule has 0 unspecified atom stereocenters. The smallest absolute Gasteiger partial charge is 0.338 e. The third-order valence-corrected chi connectivity index (χ3v) is 4.46. The van der Waals surface area contributed by atoms with Gasteiger partial charge in [-0.15, -0.1) is 11.3 Å². The first-order valence-electron chi connectivity index (χ1n) is 6.32. The first-order valence-corrected chi connectivity index (χ1v) is 7.20. The van der Waals surface area contributed by atoms with Crippen LogP contribution in [0.3, 0.4) is 0 Å². The fourth-order valence-corrected chi connectivity index (χ4v) is 2.77. The number of hydrogen-bond acceptors (Lipinski definition) is 3. The lowest BCUT2D eigenvalue weighted by molar-refractivity contribution is 0.0690. The van der Waals surface area contributed by atoms with Crippen LogP contribution < -0.4 is 5.32 Å². The summed E-state index contributed by atoms with van der Waals surface area (Å²) in [6, 6.07) is 6.22. The molecule has 2 N–H and O–H groups in total. The van der Waals surface area contributed by atoms with E-state index in [1.165, 1.54) is 6.07 Å². The molecular weight excluding hydrogens is 296 g/mol. The fourth-order valence-electron chi connectivity index (χ4n) is 1.92. The molecule has 0 aliphatic carbocycles. The number of hydrogen-bond donors (Lipinski definition) is 2. The Morgan fingerprint density at radius 1 is 1.29 bits per heavy atom. The normalized spacial score (nSPS) is 11.4. The molecule has 112 valence electrons. The third kappa shape index (κ3) is 3.21. The maximum atomic E-state index is 13.8. The molecule has 2 aromatic rings. The Morgan fingerprint density at radius 2 is 2.00 bits per heavy atom. The van der Waals surface area contributed by atoms with Gasteiger partial charge in [0.05, 0.1) is 11.3 Å². The summed E-state index contributed by atoms with van der Waals surface area (Å²) >= 11 is 1.59. The van der Waals surface area contributed by atoms with Gasteiger partial charge >= 0.3 is 5.97 Å². The van der Waals surface area contributed by atoms with E-state index in [1.54, 1.807) is 11.3 Å². The van der Waals surface area contributed by atoms with Crippen LogP contribution in [0, 0.1) is 11.6 Å². The summed E-state index contributed by atoms with van der Waals surface area (Å²) in [6.45, 7) is 4.38. The number of anilines is 1. The van der Waals surface area contributed by atoms with E-state index in [9.17, 15) is 13.6 Å². The quantitative estimate of drug-likeness (QED) is 0.873. The highest BCUT2D eigenvalue weighted by Gasteiger charge is 2.23. The zero-order chi connectivity index (χ0) is 15.6. The predicted molar refractivity (Wildman–Crippen MR) is 79.2 cm³/mol. The Bertz CT molecular complexity index is 654. The van der Waals surface area contributed by atoms with Crippen molar-refractivity contribution in [3.05, 3.63) is 51.7 Å². The molecule has 0 aliphatic rings. The molecule has 0 fully saturated rings. The minimum atomic E-state index is -1.49. The van der Waals surface area contributed by atoms with Crippen molar-refractivity contribution in [2.75, 3.05) is 11.9 Å². The van der Waals surface area contributed by atoms with Gasteiger partial charge < -0.3 is 10.4 Å². The summed E-state index contributed by atoms with van der Waals surface area (Å²) in [5.74, 6) is -4.00. The number of halogens is 2. The number of thiophene rings is 1. The summed E-state index contributed by atoms with van der Waals surface area (Å²) < 4.78 is 27.5. The summed E-state index contributed by atoms with van der Waals surface area (Å²) in [7, 11) is 0. The lowest BCUT2D eigenvalue weighted by Crippen LogP contribution is -2.27. The first kappa shape index (κ1) is 15.4. The van der Waals surface area contributed by atoms with Crippen LogP contribution in [-0.4, -0.2) is 17.6 Å². The van der Waals surface area contributed by atoms with E-state index in [-0.39, 0.29) is 11.1 Å². The molecule has 0 radical (unpaired) electrons. The second kappa shape index (κ2) is 5.81. The highest BCUT2D eigenvalue weighted by molar-refractivity contribution is 7.10. The van der Waals surface area contributed by atoms with E-state index in [0.717, 1.165) is 10.9 Å². The number of aromatic carboxylic acids is 1. The van der Waals surface area contributed by atoms with Crippen molar-refractivity contribution in [3.63, 3.8) is 0 Å². The van der Waals surface area contributed by atoms with Crippen molar-refractivity contribution >= 4 is 23.0 Å². The molecule has 6 heteroatoms. The molecule has 0 spiro atoms. The zero-order valence-corrected chi connectivity index (χ0v) is 12.4. The molecule has 0 aliphatic heterocycles. The van der Waals surface area contributed by atoms with Crippen molar-refractivity contribution < 1.29 is 18.7 Å². The molecule has 2 rings (SSSR count). The predicted octanol–water partition coefficient (Wildman–Crippen LogP) is 4.11. The van der Waals surface area contributed by atoms with Crippen LogP contribution in [0.4, 0.5) is 14.5 Å². The van der Waals surface area contributed by atoms with Crippen LogP contribution in [0.25, 0.3) is 0 Å². The van der Waals surface area contributed by atoms with Crippen molar-refractivity contribution in [2.45, 2.75) is 19.3 Å². The van der Waals surface area contributed by atoms with Gasteiger partial charge in [-0.1, -0.05) is 19.9 Å². The largest absolute Gasteiger partial charge is 0.478 e. The maximum Gasteiger partial charge on any atom is 0.338 e. The van der Waals surface area contributed by atoms with Gasteiger partial charge in [-0.25, -0.2) is 13.6 Å². The summed E-state index contributed by atoms with van der Waals surface area (Å²) in [4.78, 5) is 11.9. The van der Waals surface area contributed by atoms with Gasteiger partial charge in [-0.2, -0.15) is 0 Å². The van der Waals surface area contributed by atoms with Crippen LogP contribution in [0.5, 0.6) is 0 Å². The lowest BCUT2D eigenvalue weighted by atomic mass is 9.91. The average Bonchev–Trinajstić information content (AvgIpc) is 2.95. The summed E-state index contributed by atoms with van der Waals surface area (Å²) in [5, 5.41) is 13.5. The molecule has 3 nitrogen and oxygen atoms in total. The van der Waals surface area contributed by atoms with Gasteiger partial charge in [0.25, 0.3) is 0 Å². The lowest BCUT2D eigenvalue weighted by Gasteiger charge is -2.24. The highest BCUT2D eigenvalue weighted by atomic mass is 32.1. The maximum absolute atomic E-state index is 13.8. The van der Waals surface area contributed by atoms with Crippen molar-refractivity contribution in [2.24, 2.45) is 0 Å². The van der Waals surface area contributed by atoms with Crippen LogP contribution in [0.2, 0.25) is 0 Å². The van der Waals surface area contributed by atoms with E-state index in [1.807, 2.05) is 31.4 Å². The van der Waals surface area contributed by atoms with Crippen molar-refractivity contribution in [3.8, 4) is 0 Å². The molecule has 0 amide bonds. The van der Waals surface area contributed by atoms with E-state index in [0.29, 0.717) is 6.54 Å². The molecule has 0 bridgehead atoms. The monoisotopic (exact) mass is 311 g/mol. The van der Waals surface area contributed by atoms with Gasteiger partial charge in [0, 0.05) is 16.8 Å². The molecule has 0 atom stereocenters. The Morgan fingerprint density at radius 3 is 2.57 bits per heavy atom. The minimum Gasteiger partial charge on any atom is -0.478 e. The van der Waals surface area contributed by atoms with Gasteiger partial charge in [-0.3, -0.25) is 0 Å². The molecule has 21 heavy (non-hydrogen) atoms. The molecular formula is C15H15F2NO2S. The second-order valence-corrected chi connectivity index (χ2v) is 6.26. The number of benzene rings is 1. The Kier molecular flexibility index (Phi) is 4.27. The van der Waals surface area contributed by atoms with E-state index < -0.39 is 23.2 Å². The van der Waals surface area contributed by atoms with E-state index >= 15 is 0 Å². The van der Waals surface area contributed by atoms with Crippen LogP contribution in [0.15, 0.2) is 29.6 Å². The number of nitrogens with one attached hydrogen (secondary N) is 1. The topological polar surface area (TPSA) is 49.3 Å². The summed E-state index contributed by atoms with van der Waals surface area (Å²) in [5.41, 5.74) is -0.958. The standard InChI is InChI=1S/C15H15F2NO2S/c1-15(2,11-4-3-7-21-11)8-18-10-6-5-9(14(19)20)12(16)13(10)17/h3-7,18H,8H2,1-2H3,(H,19,20). The van der Waals surface area contributed by atoms with Crippen LogP contribution >= 0.6 is 11.3 Å². The van der Waals surface area contributed by atoms with Crippen molar-refractivity contribution in [1.29, 1.82) is 0 Å². The van der Waals surface area contributed by atoms with Crippen LogP contribution in [-0.2, 0) is 5.41 Å². The third-order valence-electron chi connectivity index (χ3n) is 3.22. The molecule has 1 aromatic heterocycles. The summed E-state index contributed by atoms with van der Waals surface area (Å²) in [6.07, 6.45) is 0. The average molecular weight is 311 g/mol.